The van der Waals surface area contributed by atoms with Gasteiger partial charge in [0.25, 0.3) is 5.69 Å². The summed E-state index contributed by atoms with van der Waals surface area (Å²) in [5.41, 5.74) is 5.31. The smallest absolute Gasteiger partial charge is 0.338 e. The lowest BCUT2D eigenvalue weighted by atomic mass is 9.72. The lowest BCUT2D eigenvalue weighted by molar-refractivity contribution is -0.384. The third kappa shape index (κ3) is 7.49. The Balaban J connectivity index is 1.90. The van der Waals surface area contributed by atoms with Gasteiger partial charge in [-0.3, -0.25) is 10.1 Å². The monoisotopic (exact) mass is 435 g/mol. The second kappa shape index (κ2) is 11.4. The van der Waals surface area contributed by atoms with Crippen LogP contribution >= 0.6 is 0 Å². The summed E-state index contributed by atoms with van der Waals surface area (Å²) in [5, 5.41) is 10.8. The van der Waals surface area contributed by atoms with Gasteiger partial charge < -0.3 is 4.74 Å². The van der Waals surface area contributed by atoms with Crippen molar-refractivity contribution in [1.29, 1.82) is 0 Å². The van der Waals surface area contributed by atoms with Gasteiger partial charge in [-0.05, 0) is 63.2 Å². The molecule has 0 bridgehead atoms. The number of ether oxygens (including phenoxy) is 1. The van der Waals surface area contributed by atoms with Crippen LogP contribution in [0.4, 0.5) is 5.69 Å². The van der Waals surface area contributed by atoms with E-state index in [1.807, 2.05) is 19.1 Å². The molecule has 0 unspecified atom stereocenters. The van der Waals surface area contributed by atoms with Crippen molar-refractivity contribution in [2.24, 2.45) is 5.41 Å². The van der Waals surface area contributed by atoms with E-state index >= 15 is 0 Å². The number of esters is 1. The predicted octanol–water partition coefficient (Wildman–Crippen LogP) is 7.28. The van der Waals surface area contributed by atoms with Crippen LogP contribution < -0.4 is 0 Å². The molecule has 0 saturated heterocycles. The summed E-state index contributed by atoms with van der Waals surface area (Å²) in [6, 6.07) is 5.52. The van der Waals surface area contributed by atoms with Crippen LogP contribution in [0.5, 0.6) is 0 Å². The van der Waals surface area contributed by atoms with Crippen LogP contribution in [0.3, 0.4) is 0 Å². The number of benzene rings is 1. The molecule has 0 N–H and O–H groups in total. The number of nitrogens with zero attached hydrogens (tertiary/aromatic N) is 1. The number of non-ortho nitro benzene ring substituents is 1. The van der Waals surface area contributed by atoms with Crippen LogP contribution in [0.15, 0.2) is 83.0 Å². The van der Waals surface area contributed by atoms with Crippen LogP contribution in [0.2, 0.25) is 0 Å². The Morgan fingerprint density at radius 2 is 1.97 bits per heavy atom. The fourth-order valence-electron chi connectivity index (χ4n) is 3.78. The SMILES string of the molecule is CC1=C(/C=C/C(C)=C/C=C/C(C)=C/COC(=O)c2cccc([N+](=O)[O-])c2)C(C)(C)CCC1. The van der Waals surface area contributed by atoms with Gasteiger partial charge in [-0.15, -0.1) is 0 Å². The highest BCUT2D eigenvalue weighted by Gasteiger charge is 2.26. The molecule has 1 aromatic carbocycles. The molecule has 5 heteroatoms. The highest BCUT2D eigenvalue weighted by Crippen LogP contribution is 2.40. The minimum atomic E-state index is -0.585. The molecule has 0 radical (unpaired) electrons. The minimum absolute atomic E-state index is 0.100. The molecule has 0 spiro atoms. The van der Waals surface area contributed by atoms with Crippen molar-refractivity contribution in [1.82, 2.24) is 0 Å². The topological polar surface area (TPSA) is 69.4 Å². The molecular weight excluding hydrogens is 402 g/mol. The van der Waals surface area contributed by atoms with Gasteiger partial charge in [0.05, 0.1) is 10.5 Å². The van der Waals surface area contributed by atoms with E-state index in [9.17, 15) is 14.9 Å². The first-order chi connectivity index (χ1) is 15.1. The molecule has 170 valence electrons. The zero-order chi connectivity index (χ0) is 23.7. The van der Waals surface area contributed by atoms with Gasteiger partial charge in [0, 0.05) is 12.1 Å². The molecule has 0 fully saturated rings. The fourth-order valence-corrected chi connectivity index (χ4v) is 3.78. The second-order valence-electron chi connectivity index (χ2n) is 8.89. The van der Waals surface area contributed by atoms with Crippen LogP contribution in [0, 0.1) is 15.5 Å². The molecule has 0 atom stereocenters. The molecule has 32 heavy (non-hydrogen) atoms. The van der Waals surface area contributed by atoms with Gasteiger partial charge >= 0.3 is 5.97 Å². The lowest BCUT2D eigenvalue weighted by Gasteiger charge is -2.32. The molecule has 0 amide bonds. The first-order valence-electron chi connectivity index (χ1n) is 10.9. The third-order valence-electron chi connectivity index (χ3n) is 5.69. The van der Waals surface area contributed by atoms with Crippen LogP contribution in [0.25, 0.3) is 0 Å². The maximum Gasteiger partial charge on any atom is 0.338 e. The summed E-state index contributed by atoms with van der Waals surface area (Å²) in [4.78, 5) is 22.3. The summed E-state index contributed by atoms with van der Waals surface area (Å²) in [5.74, 6) is -0.585. The van der Waals surface area contributed by atoms with Crippen molar-refractivity contribution in [2.75, 3.05) is 6.61 Å². The standard InChI is InChI=1S/C27H33NO4/c1-20(14-15-25-22(3)11-8-17-27(25,4)5)9-6-10-21(2)16-18-32-26(29)23-12-7-13-24(19-23)28(30)31/h6-7,9-10,12-16,19H,8,11,17-18H2,1-5H3/b10-6+,15-14+,20-9+,21-16+. The van der Waals surface area contributed by atoms with Gasteiger partial charge in [-0.2, -0.15) is 0 Å². The Morgan fingerprint density at radius 1 is 1.22 bits per heavy atom. The molecule has 1 aliphatic rings. The Hall–Kier alpha value is -3.21. The average Bonchev–Trinajstić information content (AvgIpc) is 2.73. The van der Waals surface area contributed by atoms with Gasteiger partial charge in [0.2, 0.25) is 0 Å². The van der Waals surface area contributed by atoms with E-state index in [0.29, 0.717) is 0 Å². The van der Waals surface area contributed by atoms with E-state index in [1.165, 1.54) is 54.7 Å². The zero-order valence-electron chi connectivity index (χ0n) is 19.7. The normalized spacial score (nSPS) is 17.3. The summed E-state index contributed by atoms with van der Waals surface area (Å²) in [6.45, 7) is 11.0. The van der Waals surface area contributed by atoms with E-state index in [0.717, 1.165) is 11.1 Å². The highest BCUT2D eigenvalue weighted by atomic mass is 16.6. The van der Waals surface area contributed by atoms with Gasteiger partial charge in [-0.1, -0.05) is 67.0 Å². The molecule has 1 aromatic rings. The number of rotatable bonds is 8. The molecule has 0 saturated carbocycles. The van der Waals surface area contributed by atoms with Crippen LogP contribution in [0.1, 0.15) is 64.2 Å². The summed E-state index contributed by atoms with van der Waals surface area (Å²) in [6.07, 6.45) is 15.9. The molecule has 2 rings (SSSR count). The van der Waals surface area contributed by atoms with Crippen molar-refractivity contribution in [3.8, 4) is 0 Å². The van der Waals surface area contributed by atoms with E-state index in [2.05, 4.69) is 45.9 Å². The number of carbonyl (C=O) groups is 1. The molecule has 0 aromatic heterocycles. The fraction of sp³-hybridized carbons (Fsp3) is 0.370. The van der Waals surface area contributed by atoms with Crippen molar-refractivity contribution < 1.29 is 14.5 Å². The third-order valence-corrected chi connectivity index (χ3v) is 5.69. The first kappa shape index (κ1) is 25.1. The summed E-state index contributed by atoms with van der Waals surface area (Å²) < 4.78 is 5.19. The maximum absolute atomic E-state index is 12.1. The lowest BCUT2D eigenvalue weighted by Crippen LogP contribution is -2.19. The van der Waals surface area contributed by atoms with E-state index in [4.69, 9.17) is 4.74 Å². The van der Waals surface area contributed by atoms with Crippen molar-refractivity contribution >= 4 is 11.7 Å². The highest BCUT2D eigenvalue weighted by molar-refractivity contribution is 5.90. The van der Waals surface area contributed by atoms with E-state index in [-0.39, 0.29) is 23.3 Å². The minimum Gasteiger partial charge on any atom is -0.458 e. The molecule has 1 aliphatic carbocycles. The average molecular weight is 436 g/mol. The van der Waals surface area contributed by atoms with Gasteiger partial charge in [0.15, 0.2) is 0 Å². The number of carbonyl (C=O) groups excluding carboxylic acids is 1. The Morgan fingerprint density at radius 3 is 2.66 bits per heavy atom. The number of nitro benzene ring substituents is 1. The maximum atomic E-state index is 12.1. The van der Waals surface area contributed by atoms with Crippen LogP contribution in [-0.2, 0) is 4.74 Å². The van der Waals surface area contributed by atoms with Gasteiger partial charge in [0.1, 0.15) is 6.61 Å². The molecule has 5 nitrogen and oxygen atoms in total. The number of nitro groups is 1. The summed E-state index contributed by atoms with van der Waals surface area (Å²) >= 11 is 0. The first-order valence-corrected chi connectivity index (χ1v) is 10.9. The molecule has 0 heterocycles. The number of allylic oxidation sites excluding steroid dienone is 9. The quantitative estimate of drug-likeness (QED) is 0.186. The second-order valence-corrected chi connectivity index (χ2v) is 8.89. The Kier molecular flexibility index (Phi) is 8.94. The number of hydrogen-bond acceptors (Lipinski definition) is 4. The van der Waals surface area contributed by atoms with Crippen LogP contribution in [-0.4, -0.2) is 17.5 Å². The Labute approximate surface area is 191 Å². The Bertz CT molecular complexity index is 1010. The van der Waals surface area contributed by atoms with Crippen molar-refractivity contribution in [3.63, 3.8) is 0 Å². The predicted molar refractivity (Wildman–Crippen MR) is 130 cm³/mol. The van der Waals surface area contributed by atoms with Crippen molar-refractivity contribution in [2.45, 2.75) is 53.9 Å². The largest absolute Gasteiger partial charge is 0.458 e. The molecular formula is C27H33NO4. The number of hydrogen-bond donors (Lipinski definition) is 0. The van der Waals surface area contributed by atoms with Crippen molar-refractivity contribution in [3.05, 3.63) is 98.7 Å². The summed E-state index contributed by atoms with van der Waals surface area (Å²) in [7, 11) is 0. The van der Waals surface area contributed by atoms with E-state index < -0.39 is 10.9 Å². The molecule has 0 aliphatic heterocycles. The zero-order valence-corrected chi connectivity index (χ0v) is 19.7. The van der Waals surface area contributed by atoms with Gasteiger partial charge in [-0.25, -0.2) is 4.79 Å². The van der Waals surface area contributed by atoms with E-state index in [1.54, 1.807) is 6.08 Å².